The van der Waals surface area contributed by atoms with Crippen LogP contribution in [0.15, 0.2) is 84.0 Å². The third-order valence-corrected chi connectivity index (χ3v) is 4.76. The molecule has 0 radical (unpaired) electrons. The van der Waals surface area contributed by atoms with Crippen molar-refractivity contribution in [2.45, 2.75) is 12.5 Å². The molecule has 0 saturated carbocycles. The lowest BCUT2D eigenvalue weighted by molar-refractivity contribution is 0.141. The Bertz CT molecular complexity index is 1030. The van der Waals surface area contributed by atoms with Crippen molar-refractivity contribution in [2.24, 2.45) is 5.10 Å². The van der Waals surface area contributed by atoms with Crippen molar-refractivity contribution >= 4 is 11.8 Å². The number of methoxy groups -OCH3 is 1. The van der Waals surface area contributed by atoms with E-state index >= 15 is 0 Å². The van der Waals surface area contributed by atoms with Gasteiger partial charge in [0.05, 0.1) is 18.9 Å². The van der Waals surface area contributed by atoms with Gasteiger partial charge in [-0.15, -0.1) is 0 Å². The number of ether oxygens (including phenoxy) is 2. The van der Waals surface area contributed by atoms with Gasteiger partial charge in [-0.2, -0.15) is 10.1 Å². The van der Waals surface area contributed by atoms with Crippen molar-refractivity contribution in [3.05, 3.63) is 90.0 Å². The normalized spacial score (nSPS) is 15.7. The smallest absolute Gasteiger partial charge is 0.436 e. The van der Waals surface area contributed by atoms with Crippen molar-refractivity contribution < 1.29 is 19.4 Å². The molecule has 0 saturated heterocycles. The Hall–Kier alpha value is -3.80. The van der Waals surface area contributed by atoms with E-state index in [0.717, 1.165) is 11.3 Å². The minimum atomic E-state index is -0.581. The third kappa shape index (κ3) is 3.91. The first kappa shape index (κ1) is 18.6. The number of rotatable bonds is 4. The molecule has 6 heteroatoms. The van der Waals surface area contributed by atoms with E-state index < -0.39 is 6.09 Å². The van der Waals surface area contributed by atoms with Gasteiger partial charge in [0.1, 0.15) is 17.2 Å². The predicted octanol–water partition coefficient (Wildman–Crippen LogP) is 4.75. The zero-order valence-electron chi connectivity index (χ0n) is 15.9. The fourth-order valence-corrected chi connectivity index (χ4v) is 3.28. The lowest BCUT2D eigenvalue weighted by Gasteiger charge is -2.21. The van der Waals surface area contributed by atoms with Crippen LogP contribution in [0.2, 0.25) is 0 Å². The molecule has 0 bridgehead atoms. The van der Waals surface area contributed by atoms with Gasteiger partial charge in [0.25, 0.3) is 0 Å². The van der Waals surface area contributed by atoms with Gasteiger partial charge in [0.2, 0.25) is 0 Å². The first-order valence-corrected chi connectivity index (χ1v) is 9.21. The standard InChI is InChI=1S/C23H20N2O4/c1-28-17-13-11-16(12-14-17)21-15-20(19-9-5-6-10-22(19)26)24-25(21)23(27)29-18-7-3-2-4-8-18/h2-14,21,26H,15H2,1H3. The van der Waals surface area contributed by atoms with Crippen molar-refractivity contribution in [2.75, 3.05) is 7.11 Å². The molecule has 0 aliphatic carbocycles. The monoisotopic (exact) mass is 388 g/mol. The summed E-state index contributed by atoms with van der Waals surface area (Å²) < 4.78 is 10.7. The number of amides is 1. The molecular weight excluding hydrogens is 368 g/mol. The number of hydrogen-bond donors (Lipinski definition) is 1. The SMILES string of the molecule is COc1ccc(C2CC(c3ccccc3O)=NN2C(=O)Oc2ccccc2)cc1. The molecule has 1 N–H and O–H groups in total. The summed E-state index contributed by atoms with van der Waals surface area (Å²) in [5.74, 6) is 1.29. The minimum Gasteiger partial charge on any atom is -0.507 e. The Kier molecular flexibility index (Phi) is 5.16. The highest BCUT2D eigenvalue weighted by molar-refractivity contribution is 6.04. The van der Waals surface area contributed by atoms with Crippen LogP contribution >= 0.6 is 0 Å². The van der Waals surface area contributed by atoms with Crippen molar-refractivity contribution in [3.8, 4) is 17.2 Å². The fraction of sp³-hybridized carbons (Fsp3) is 0.130. The molecule has 1 heterocycles. The number of carbonyl (C=O) groups is 1. The minimum absolute atomic E-state index is 0.123. The van der Waals surface area contributed by atoms with Gasteiger partial charge in [-0.1, -0.05) is 42.5 Å². The molecule has 1 atom stereocenters. The van der Waals surface area contributed by atoms with E-state index in [1.165, 1.54) is 5.01 Å². The molecule has 29 heavy (non-hydrogen) atoms. The molecule has 1 unspecified atom stereocenters. The number of hydrazone groups is 1. The Morgan fingerprint density at radius 2 is 1.66 bits per heavy atom. The third-order valence-electron chi connectivity index (χ3n) is 4.76. The first-order valence-electron chi connectivity index (χ1n) is 9.21. The summed E-state index contributed by atoms with van der Waals surface area (Å²) in [6.07, 6.45) is -0.129. The number of carbonyl (C=O) groups excluding carboxylic acids is 1. The molecule has 0 spiro atoms. The van der Waals surface area contributed by atoms with E-state index in [4.69, 9.17) is 9.47 Å². The molecule has 3 aromatic carbocycles. The Labute approximate surface area is 168 Å². The summed E-state index contributed by atoms with van der Waals surface area (Å²) in [4.78, 5) is 12.9. The van der Waals surface area contributed by atoms with Crippen molar-refractivity contribution in [1.82, 2.24) is 5.01 Å². The molecule has 3 aromatic rings. The van der Waals surface area contributed by atoms with E-state index in [-0.39, 0.29) is 11.8 Å². The topological polar surface area (TPSA) is 71.4 Å². The predicted molar refractivity (Wildman–Crippen MR) is 109 cm³/mol. The van der Waals surface area contributed by atoms with E-state index in [1.807, 2.05) is 36.4 Å². The van der Waals surface area contributed by atoms with E-state index in [1.54, 1.807) is 49.6 Å². The second-order valence-electron chi connectivity index (χ2n) is 6.58. The zero-order chi connectivity index (χ0) is 20.2. The van der Waals surface area contributed by atoms with Gasteiger partial charge >= 0.3 is 6.09 Å². The average Bonchev–Trinajstić information content (AvgIpc) is 3.20. The fourth-order valence-electron chi connectivity index (χ4n) is 3.28. The number of benzene rings is 3. The second kappa shape index (κ2) is 8.06. The summed E-state index contributed by atoms with van der Waals surface area (Å²) in [5.41, 5.74) is 2.11. The van der Waals surface area contributed by atoms with Crippen LogP contribution in [0.4, 0.5) is 4.79 Å². The summed E-state index contributed by atoms with van der Waals surface area (Å²) in [6.45, 7) is 0. The van der Waals surface area contributed by atoms with E-state index in [0.29, 0.717) is 23.4 Å². The van der Waals surface area contributed by atoms with Crippen LogP contribution in [0.3, 0.4) is 0 Å². The quantitative estimate of drug-likeness (QED) is 0.700. The van der Waals surface area contributed by atoms with Crippen molar-refractivity contribution in [3.63, 3.8) is 0 Å². The second-order valence-corrected chi connectivity index (χ2v) is 6.58. The van der Waals surface area contributed by atoms with Crippen LogP contribution in [0, 0.1) is 0 Å². The van der Waals surface area contributed by atoms with Crippen LogP contribution in [0.25, 0.3) is 0 Å². The number of para-hydroxylation sites is 2. The molecule has 1 amide bonds. The maximum atomic E-state index is 12.9. The van der Waals surface area contributed by atoms with E-state index in [2.05, 4.69) is 5.10 Å². The Morgan fingerprint density at radius 1 is 0.966 bits per heavy atom. The number of aromatic hydroxyl groups is 1. The van der Waals surface area contributed by atoms with E-state index in [9.17, 15) is 9.90 Å². The largest absolute Gasteiger partial charge is 0.507 e. The van der Waals surface area contributed by atoms with Crippen molar-refractivity contribution in [1.29, 1.82) is 0 Å². The van der Waals surface area contributed by atoms with Crippen LogP contribution in [0.5, 0.6) is 17.2 Å². The summed E-state index contributed by atoms with van der Waals surface area (Å²) in [5, 5.41) is 16.1. The highest BCUT2D eigenvalue weighted by atomic mass is 16.6. The molecular formula is C23H20N2O4. The zero-order valence-corrected chi connectivity index (χ0v) is 15.9. The molecule has 1 aliphatic heterocycles. The number of phenols is 1. The first-order chi connectivity index (χ1) is 14.2. The maximum absolute atomic E-state index is 12.9. The number of nitrogens with zero attached hydrogens (tertiary/aromatic N) is 2. The summed E-state index contributed by atoms with van der Waals surface area (Å²) in [7, 11) is 1.60. The number of phenolic OH excluding ortho intramolecular Hbond substituents is 1. The lowest BCUT2D eigenvalue weighted by atomic mass is 9.98. The summed E-state index contributed by atoms with van der Waals surface area (Å²) >= 11 is 0. The van der Waals surface area contributed by atoms with Crippen LogP contribution in [-0.2, 0) is 0 Å². The molecule has 4 rings (SSSR count). The Balaban J connectivity index is 1.67. The Morgan fingerprint density at radius 3 is 2.34 bits per heavy atom. The van der Waals surface area contributed by atoms with Crippen LogP contribution < -0.4 is 9.47 Å². The molecule has 146 valence electrons. The van der Waals surface area contributed by atoms with Gasteiger partial charge < -0.3 is 14.6 Å². The summed E-state index contributed by atoms with van der Waals surface area (Å²) in [6, 6.07) is 22.9. The van der Waals surface area contributed by atoms with Crippen LogP contribution in [-0.4, -0.2) is 29.0 Å². The maximum Gasteiger partial charge on any atom is 0.436 e. The van der Waals surface area contributed by atoms with Gasteiger partial charge in [-0.25, -0.2) is 4.79 Å². The van der Waals surface area contributed by atoms with Crippen LogP contribution in [0.1, 0.15) is 23.6 Å². The van der Waals surface area contributed by atoms with Gasteiger partial charge in [-0.05, 0) is 42.0 Å². The lowest BCUT2D eigenvalue weighted by Crippen LogP contribution is -2.29. The highest BCUT2D eigenvalue weighted by Crippen LogP contribution is 2.35. The molecule has 0 fully saturated rings. The molecule has 1 aliphatic rings. The number of hydrogen-bond acceptors (Lipinski definition) is 5. The van der Waals surface area contributed by atoms with Gasteiger partial charge in [0, 0.05) is 12.0 Å². The van der Waals surface area contributed by atoms with Gasteiger partial charge in [0.15, 0.2) is 0 Å². The molecule has 0 aromatic heterocycles. The van der Waals surface area contributed by atoms with Gasteiger partial charge in [-0.3, -0.25) is 0 Å². The molecule has 6 nitrogen and oxygen atoms in total. The average molecular weight is 388 g/mol. The highest BCUT2D eigenvalue weighted by Gasteiger charge is 2.35.